The minimum Gasteiger partial charge on any atom is -0.491 e. The average Bonchev–Trinajstić information content (AvgIpc) is 3.22. The lowest BCUT2D eigenvalue weighted by Crippen LogP contribution is -2.10. The van der Waals surface area contributed by atoms with Gasteiger partial charge in [-0.05, 0) is 49.2 Å². The Morgan fingerprint density at radius 2 is 2.03 bits per heavy atom. The Morgan fingerprint density at radius 1 is 1.21 bits per heavy atom. The first kappa shape index (κ1) is 20.7. The van der Waals surface area contributed by atoms with Crippen LogP contribution in [-0.2, 0) is 12.3 Å². The van der Waals surface area contributed by atoms with Gasteiger partial charge < -0.3 is 10.5 Å². The summed E-state index contributed by atoms with van der Waals surface area (Å²) in [5, 5.41) is 12.9. The highest BCUT2D eigenvalue weighted by Crippen LogP contribution is 2.22. The molecule has 1 aromatic heterocycles. The number of aromatic nitrogens is 2. The molecule has 2 N–H and O–H groups in total. The van der Waals surface area contributed by atoms with Crippen molar-refractivity contribution < 1.29 is 4.74 Å². The summed E-state index contributed by atoms with van der Waals surface area (Å²) in [7, 11) is 0. The molecule has 0 bridgehead atoms. The zero-order chi connectivity index (χ0) is 20.5. The van der Waals surface area contributed by atoms with Crippen molar-refractivity contribution in [1.29, 1.82) is 0 Å². The van der Waals surface area contributed by atoms with Crippen LogP contribution in [0.4, 0.5) is 0 Å². The van der Waals surface area contributed by atoms with Gasteiger partial charge in [0, 0.05) is 23.7 Å². The lowest BCUT2D eigenvalue weighted by molar-refractivity contribution is 0.239. The van der Waals surface area contributed by atoms with Gasteiger partial charge in [0.1, 0.15) is 5.75 Å². The Balaban J connectivity index is 1.67. The third kappa shape index (κ3) is 6.80. The van der Waals surface area contributed by atoms with Crippen molar-refractivity contribution in [2.75, 3.05) is 0 Å². The highest BCUT2D eigenvalue weighted by atomic mass is 32.2. The highest BCUT2D eigenvalue weighted by Gasteiger charge is 2.08. The van der Waals surface area contributed by atoms with Crippen molar-refractivity contribution in [3.05, 3.63) is 83.7 Å². The monoisotopic (exact) mass is 407 g/mol. The molecule has 0 aliphatic carbocycles. The molecule has 1 heterocycles. The minimum atomic E-state index is 0.0944. The Labute approximate surface area is 175 Å². The first-order chi connectivity index (χ1) is 14.1. The largest absolute Gasteiger partial charge is 0.491 e. The number of amidine groups is 1. The molecule has 7 heteroatoms. The van der Waals surface area contributed by atoms with Crippen molar-refractivity contribution in [2.24, 2.45) is 15.9 Å². The molecule has 0 atom stereocenters. The summed E-state index contributed by atoms with van der Waals surface area (Å²) in [6, 6.07) is 18.0. The number of benzene rings is 2. The van der Waals surface area contributed by atoms with Gasteiger partial charge in [-0.1, -0.05) is 42.1 Å². The fourth-order valence-electron chi connectivity index (χ4n) is 2.65. The van der Waals surface area contributed by atoms with Gasteiger partial charge >= 0.3 is 0 Å². The van der Waals surface area contributed by atoms with E-state index in [0.29, 0.717) is 11.7 Å². The molecule has 6 nitrogen and oxygen atoms in total. The summed E-state index contributed by atoms with van der Waals surface area (Å²) in [6.07, 6.45) is 5.48. The van der Waals surface area contributed by atoms with Crippen LogP contribution < -0.4 is 10.5 Å². The molecule has 3 aromatic rings. The van der Waals surface area contributed by atoms with E-state index in [4.69, 9.17) is 10.5 Å². The van der Waals surface area contributed by atoms with E-state index < -0.39 is 0 Å². The van der Waals surface area contributed by atoms with Crippen LogP contribution in [0.15, 0.2) is 77.2 Å². The Morgan fingerprint density at radius 3 is 2.76 bits per heavy atom. The molecular weight excluding hydrogens is 382 g/mol. The molecule has 0 unspecified atom stereocenters. The van der Waals surface area contributed by atoms with Crippen molar-refractivity contribution in [1.82, 2.24) is 9.78 Å². The second-order valence-electron chi connectivity index (χ2n) is 6.69. The van der Waals surface area contributed by atoms with Crippen LogP contribution in [0.2, 0.25) is 0 Å². The van der Waals surface area contributed by atoms with Crippen LogP contribution in [0.25, 0.3) is 0 Å². The zero-order valence-electron chi connectivity index (χ0n) is 16.6. The van der Waals surface area contributed by atoms with Crippen molar-refractivity contribution in [3.63, 3.8) is 0 Å². The topological polar surface area (TPSA) is 77.8 Å². The molecule has 0 spiro atoms. The average molecular weight is 408 g/mol. The molecule has 150 valence electrons. The predicted molar refractivity (Wildman–Crippen MR) is 120 cm³/mol. The summed E-state index contributed by atoms with van der Waals surface area (Å²) < 4.78 is 7.79. The van der Waals surface area contributed by atoms with E-state index >= 15 is 0 Å². The van der Waals surface area contributed by atoms with Gasteiger partial charge in [-0.3, -0.25) is 4.68 Å². The number of ether oxygens (including phenoxy) is 1. The van der Waals surface area contributed by atoms with Crippen LogP contribution in [0.5, 0.6) is 5.75 Å². The van der Waals surface area contributed by atoms with Gasteiger partial charge in [0.15, 0.2) is 5.17 Å². The van der Waals surface area contributed by atoms with Gasteiger partial charge in [-0.25, -0.2) is 0 Å². The number of rotatable bonds is 8. The summed E-state index contributed by atoms with van der Waals surface area (Å²) >= 11 is 1.46. The first-order valence-electron chi connectivity index (χ1n) is 9.40. The van der Waals surface area contributed by atoms with Gasteiger partial charge in [-0.2, -0.15) is 10.2 Å². The standard InChI is InChI=1S/C22H25N5OS/c1-17(2)28-21-10-9-19(13-20(21)15-27-12-6-11-25-27)14-24-26-22(23)29-16-18-7-4-3-5-8-18/h3-14,17H,15-16H2,1-2H3,(H2,23,26). The van der Waals surface area contributed by atoms with Gasteiger partial charge in [0.05, 0.1) is 18.9 Å². The summed E-state index contributed by atoms with van der Waals surface area (Å²) in [5.41, 5.74) is 9.10. The molecule has 3 rings (SSSR count). The predicted octanol–water partition coefficient (Wildman–Crippen LogP) is 4.30. The van der Waals surface area contributed by atoms with Gasteiger partial charge in [-0.15, -0.1) is 5.10 Å². The number of thioether (sulfide) groups is 1. The maximum atomic E-state index is 5.95. The molecule has 29 heavy (non-hydrogen) atoms. The fraction of sp³-hybridized carbons (Fsp3) is 0.227. The van der Waals surface area contributed by atoms with E-state index in [1.54, 1.807) is 12.4 Å². The smallest absolute Gasteiger partial charge is 0.180 e. The molecule has 0 saturated carbocycles. The molecule has 0 saturated heterocycles. The van der Waals surface area contributed by atoms with Gasteiger partial charge in [0.25, 0.3) is 0 Å². The lowest BCUT2D eigenvalue weighted by Gasteiger charge is -2.15. The van der Waals surface area contributed by atoms with E-state index in [-0.39, 0.29) is 6.10 Å². The zero-order valence-corrected chi connectivity index (χ0v) is 17.4. The first-order valence-corrected chi connectivity index (χ1v) is 10.4. The highest BCUT2D eigenvalue weighted by molar-refractivity contribution is 8.13. The Kier molecular flexibility index (Phi) is 7.47. The third-order valence-electron chi connectivity index (χ3n) is 3.93. The third-order valence-corrected chi connectivity index (χ3v) is 4.79. The number of nitrogens with two attached hydrogens (primary N) is 1. The molecule has 0 radical (unpaired) electrons. The van der Waals surface area contributed by atoms with Crippen LogP contribution in [0.3, 0.4) is 0 Å². The van der Waals surface area contributed by atoms with Gasteiger partial charge in [0.2, 0.25) is 0 Å². The van der Waals surface area contributed by atoms with E-state index in [1.807, 2.05) is 67.2 Å². The normalized spacial score (nSPS) is 12.0. The summed E-state index contributed by atoms with van der Waals surface area (Å²) in [6.45, 7) is 4.64. The second-order valence-corrected chi connectivity index (χ2v) is 7.69. The molecule has 2 aromatic carbocycles. The van der Waals surface area contributed by atoms with E-state index in [2.05, 4.69) is 27.4 Å². The van der Waals surface area contributed by atoms with E-state index in [0.717, 1.165) is 22.6 Å². The number of nitrogens with zero attached hydrogens (tertiary/aromatic N) is 4. The van der Waals surface area contributed by atoms with Crippen LogP contribution in [-0.4, -0.2) is 27.3 Å². The Hall–Kier alpha value is -3.06. The minimum absolute atomic E-state index is 0.0944. The fourth-order valence-corrected chi connectivity index (χ4v) is 3.27. The molecule has 0 aliphatic rings. The van der Waals surface area contributed by atoms with Crippen LogP contribution in [0, 0.1) is 0 Å². The van der Waals surface area contributed by atoms with Crippen molar-refractivity contribution >= 4 is 23.1 Å². The number of hydrogen-bond donors (Lipinski definition) is 1. The van der Waals surface area contributed by atoms with E-state index in [9.17, 15) is 0 Å². The molecule has 0 aliphatic heterocycles. The van der Waals surface area contributed by atoms with Crippen molar-refractivity contribution in [2.45, 2.75) is 32.2 Å². The molecule has 0 amide bonds. The van der Waals surface area contributed by atoms with Crippen LogP contribution >= 0.6 is 11.8 Å². The maximum Gasteiger partial charge on any atom is 0.180 e. The number of hydrogen-bond acceptors (Lipinski definition) is 5. The maximum absolute atomic E-state index is 5.95. The Bertz CT molecular complexity index is 953. The molecular formula is C22H25N5OS. The van der Waals surface area contributed by atoms with Crippen molar-refractivity contribution in [3.8, 4) is 5.75 Å². The molecule has 0 fully saturated rings. The summed E-state index contributed by atoms with van der Waals surface area (Å²) in [4.78, 5) is 0. The lowest BCUT2D eigenvalue weighted by atomic mass is 10.1. The summed E-state index contributed by atoms with van der Waals surface area (Å²) in [5.74, 6) is 1.61. The van der Waals surface area contributed by atoms with Crippen LogP contribution in [0.1, 0.15) is 30.5 Å². The SMILES string of the molecule is CC(C)Oc1ccc(C=NN=C(N)SCc2ccccc2)cc1Cn1cccn1. The second kappa shape index (κ2) is 10.5. The quantitative estimate of drug-likeness (QED) is 0.343. The van der Waals surface area contributed by atoms with E-state index in [1.165, 1.54) is 17.3 Å².